The number of rotatable bonds is 2. The molecule has 2 aliphatic heterocycles. The Labute approximate surface area is 152 Å². The Bertz CT molecular complexity index is 1080. The predicted octanol–water partition coefficient (Wildman–Crippen LogP) is 3.62. The van der Waals surface area contributed by atoms with Crippen molar-refractivity contribution in [2.45, 2.75) is 20.8 Å². The normalized spacial score (nSPS) is 17.4. The Balaban J connectivity index is 1.71. The molecule has 2 aliphatic rings. The van der Waals surface area contributed by atoms with Gasteiger partial charge in [0.1, 0.15) is 10.7 Å². The van der Waals surface area contributed by atoms with Crippen LogP contribution in [0.3, 0.4) is 0 Å². The number of aryl methyl sites for hydroxylation is 2. The molecular formula is C19H18N2O4S. The molecule has 0 saturated carbocycles. The monoisotopic (exact) mass is 370 g/mol. The molecule has 0 amide bonds. The number of nitrogens with one attached hydrogen (secondary N) is 1. The van der Waals surface area contributed by atoms with Crippen molar-refractivity contribution < 1.29 is 17.9 Å². The van der Waals surface area contributed by atoms with E-state index in [4.69, 9.17) is 9.47 Å². The van der Waals surface area contributed by atoms with E-state index in [1.807, 2.05) is 32.0 Å². The summed E-state index contributed by atoms with van der Waals surface area (Å²) in [5.41, 5.74) is 4.07. The molecule has 6 nitrogen and oxygen atoms in total. The van der Waals surface area contributed by atoms with Crippen molar-refractivity contribution in [3.05, 3.63) is 58.7 Å². The van der Waals surface area contributed by atoms with Crippen molar-refractivity contribution in [1.82, 2.24) is 0 Å². The minimum Gasteiger partial charge on any atom is -0.454 e. The lowest BCUT2D eigenvalue weighted by molar-refractivity contribution is 0.174. The molecule has 2 aromatic carbocycles. The second-order valence-corrected chi connectivity index (χ2v) is 7.90. The number of benzene rings is 2. The molecule has 0 atom stereocenters. The minimum atomic E-state index is -3.75. The van der Waals surface area contributed by atoms with E-state index >= 15 is 0 Å². The molecule has 0 spiro atoms. The van der Waals surface area contributed by atoms with Crippen LogP contribution in [0.4, 0.5) is 5.69 Å². The highest BCUT2D eigenvalue weighted by Crippen LogP contribution is 2.36. The van der Waals surface area contributed by atoms with Crippen LogP contribution in [-0.2, 0) is 10.0 Å². The maximum Gasteiger partial charge on any atom is 0.285 e. The predicted molar refractivity (Wildman–Crippen MR) is 101 cm³/mol. The third-order valence-electron chi connectivity index (χ3n) is 4.57. The number of ether oxygens (including phenoxy) is 2. The number of fused-ring (bicyclic) bond motifs is 1. The molecule has 0 fully saturated rings. The van der Waals surface area contributed by atoms with Gasteiger partial charge in [0.05, 0.1) is 0 Å². The number of hydrogen-bond acceptors (Lipinski definition) is 5. The summed E-state index contributed by atoms with van der Waals surface area (Å²) in [7, 11) is -3.75. The van der Waals surface area contributed by atoms with Crippen LogP contribution in [0.25, 0.3) is 4.91 Å². The number of amidine groups is 1. The Morgan fingerprint density at radius 1 is 0.962 bits per heavy atom. The van der Waals surface area contributed by atoms with Gasteiger partial charge in [-0.1, -0.05) is 18.2 Å². The highest BCUT2D eigenvalue weighted by molar-refractivity contribution is 8.00. The van der Waals surface area contributed by atoms with Gasteiger partial charge in [0.2, 0.25) is 6.79 Å². The lowest BCUT2D eigenvalue weighted by atomic mass is 10.0. The molecule has 0 unspecified atom stereocenters. The summed E-state index contributed by atoms with van der Waals surface area (Å²) < 4.78 is 39.8. The molecule has 0 radical (unpaired) electrons. The topological polar surface area (TPSA) is 77.0 Å². The summed E-state index contributed by atoms with van der Waals surface area (Å²) in [6, 6.07) is 11.0. The van der Waals surface area contributed by atoms with Gasteiger partial charge in [-0.2, -0.15) is 8.42 Å². The van der Waals surface area contributed by atoms with Gasteiger partial charge in [-0.15, -0.1) is 4.40 Å². The molecule has 2 aromatic rings. The molecule has 0 saturated heterocycles. The van der Waals surface area contributed by atoms with Crippen LogP contribution in [0.1, 0.15) is 23.6 Å². The summed E-state index contributed by atoms with van der Waals surface area (Å²) in [6.45, 7) is 5.90. The molecule has 2 heterocycles. The van der Waals surface area contributed by atoms with E-state index in [1.54, 1.807) is 25.1 Å². The summed E-state index contributed by atoms with van der Waals surface area (Å²) in [5, 5.41) is 3.08. The van der Waals surface area contributed by atoms with Gasteiger partial charge in [-0.05, 0) is 49.6 Å². The Morgan fingerprint density at radius 2 is 1.73 bits per heavy atom. The van der Waals surface area contributed by atoms with Gasteiger partial charge in [0.25, 0.3) is 10.0 Å². The lowest BCUT2D eigenvalue weighted by Crippen LogP contribution is -2.11. The first kappa shape index (κ1) is 16.7. The molecular weight excluding hydrogens is 352 g/mol. The fourth-order valence-electron chi connectivity index (χ4n) is 3.01. The van der Waals surface area contributed by atoms with Gasteiger partial charge < -0.3 is 14.8 Å². The summed E-state index contributed by atoms with van der Waals surface area (Å²) in [4.78, 5) is 0.240. The second-order valence-electron chi connectivity index (χ2n) is 6.36. The molecule has 7 heteroatoms. The zero-order chi connectivity index (χ0) is 18.5. The summed E-state index contributed by atoms with van der Waals surface area (Å²) in [6.07, 6.45) is 0. The smallest absolute Gasteiger partial charge is 0.285 e. The van der Waals surface area contributed by atoms with E-state index in [0.29, 0.717) is 34.2 Å². The molecule has 4 rings (SSSR count). The maximum atomic E-state index is 12.6. The Morgan fingerprint density at radius 3 is 2.50 bits per heavy atom. The minimum absolute atomic E-state index is 0.184. The van der Waals surface area contributed by atoms with Crippen molar-refractivity contribution in [3.8, 4) is 11.5 Å². The molecule has 26 heavy (non-hydrogen) atoms. The first-order valence-electron chi connectivity index (χ1n) is 8.16. The Hall–Kier alpha value is -2.80. The van der Waals surface area contributed by atoms with Crippen molar-refractivity contribution in [3.63, 3.8) is 0 Å². The average Bonchev–Trinajstić information content (AvgIpc) is 3.12. The van der Waals surface area contributed by atoms with E-state index in [1.165, 1.54) is 0 Å². The van der Waals surface area contributed by atoms with Gasteiger partial charge in [0.15, 0.2) is 11.5 Å². The maximum absolute atomic E-state index is 12.6. The lowest BCUT2D eigenvalue weighted by Gasteiger charge is -2.09. The van der Waals surface area contributed by atoms with Gasteiger partial charge in [-0.3, -0.25) is 0 Å². The van der Waals surface area contributed by atoms with E-state index in [0.717, 1.165) is 11.1 Å². The highest BCUT2D eigenvalue weighted by Gasteiger charge is 2.31. The van der Waals surface area contributed by atoms with Crippen LogP contribution in [0, 0.1) is 13.8 Å². The SMILES string of the molecule is CC1=C(c2ccc(C)c(C)c2)S(=O)(=O)N=C1Nc1ccc2c(c1)OCO2. The largest absolute Gasteiger partial charge is 0.454 e. The van der Waals surface area contributed by atoms with Crippen LogP contribution < -0.4 is 14.8 Å². The highest BCUT2D eigenvalue weighted by atomic mass is 32.2. The first-order chi connectivity index (χ1) is 12.3. The zero-order valence-corrected chi connectivity index (χ0v) is 15.5. The van der Waals surface area contributed by atoms with Crippen molar-refractivity contribution in [1.29, 1.82) is 0 Å². The number of anilines is 1. The van der Waals surface area contributed by atoms with Crippen LogP contribution in [-0.4, -0.2) is 21.0 Å². The molecule has 0 aliphatic carbocycles. The van der Waals surface area contributed by atoms with Crippen LogP contribution in [0.15, 0.2) is 46.4 Å². The molecule has 0 aromatic heterocycles. The molecule has 1 N–H and O–H groups in total. The van der Waals surface area contributed by atoms with Crippen LogP contribution >= 0.6 is 0 Å². The quantitative estimate of drug-likeness (QED) is 0.874. The number of hydrogen-bond donors (Lipinski definition) is 1. The van der Waals surface area contributed by atoms with Crippen LogP contribution in [0.2, 0.25) is 0 Å². The Kier molecular flexibility index (Phi) is 3.77. The van der Waals surface area contributed by atoms with Crippen molar-refractivity contribution in [2.24, 2.45) is 4.40 Å². The van der Waals surface area contributed by atoms with E-state index < -0.39 is 10.0 Å². The first-order valence-corrected chi connectivity index (χ1v) is 9.60. The number of sulfonamides is 1. The van der Waals surface area contributed by atoms with Gasteiger partial charge >= 0.3 is 0 Å². The fraction of sp³-hybridized carbons (Fsp3) is 0.211. The van der Waals surface area contributed by atoms with E-state index in [9.17, 15) is 8.42 Å². The third-order valence-corrected chi connectivity index (χ3v) is 6.05. The van der Waals surface area contributed by atoms with Crippen molar-refractivity contribution >= 4 is 26.5 Å². The standard InChI is InChI=1S/C19H18N2O4S/c1-11-4-5-14(8-12(11)2)18-13(3)19(21-26(18,22)23)20-15-6-7-16-17(9-15)25-10-24-16/h4-9H,10H2,1-3H3,(H,20,21). The van der Waals surface area contributed by atoms with E-state index in [-0.39, 0.29) is 11.7 Å². The molecule has 134 valence electrons. The summed E-state index contributed by atoms with van der Waals surface area (Å²) >= 11 is 0. The third kappa shape index (κ3) is 2.74. The zero-order valence-electron chi connectivity index (χ0n) is 14.7. The molecule has 0 bridgehead atoms. The van der Waals surface area contributed by atoms with Gasteiger partial charge in [-0.25, -0.2) is 0 Å². The summed E-state index contributed by atoms with van der Waals surface area (Å²) in [5.74, 6) is 1.60. The average molecular weight is 370 g/mol. The van der Waals surface area contributed by atoms with Gasteiger partial charge in [0, 0.05) is 17.3 Å². The van der Waals surface area contributed by atoms with Crippen LogP contribution in [0.5, 0.6) is 11.5 Å². The van der Waals surface area contributed by atoms with Crippen molar-refractivity contribution in [2.75, 3.05) is 12.1 Å². The fourth-order valence-corrected chi connectivity index (χ4v) is 4.43. The number of nitrogens with zero attached hydrogens (tertiary/aromatic N) is 1. The second kappa shape index (κ2) is 5.88. The van der Waals surface area contributed by atoms with E-state index in [2.05, 4.69) is 9.71 Å².